The van der Waals surface area contributed by atoms with E-state index >= 15 is 0 Å². The van der Waals surface area contributed by atoms with Gasteiger partial charge in [0.2, 0.25) is 0 Å². The summed E-state index contributed by atoms with van der Waals surface area (Å²) in [7, 11) is 0. The normalized spacial score (nSPS) is 11.8. The number of hydrogen-bond acceptors (Lipinski definition) is 0. The van der Waals surface area contributed by atoms with Crippen LogP contribution >= 0.6 is 0 Å². The second kappa shape index (κ2) is 17.0. The minimum atomic E-state index is 1.20. The molecule has 0 saturated heterocycles. The zero-order chi connectivity index (χ0) is 48.7. The fraction of sp³-hybridized carbons (Fsp3) is 0. The molecule has 0 aromatic heterocycles. The Bertz CT molecular complexity index is 4650. The second-order valence-electron chi connectivity index (χ2n) is 19.9. The highest BCUT2D eigenvalue weighted by Crippen LogP contribution is 2.47. The van der Waals surface area contributed by atoms with E-state index in [0.717, 1.165) is 0 Å². The number of fused-ring (bicyclic) bond motifs is 8. The summed E-state index contributed by atoms with van der Waals surface area (Å²) in [5, 5.41) is 20.0. The maximum atomic E-state index is 2.40. The van der Waals surface area contributed by atoms with Gasteiger partial charge in [-0.3, -0.25) is 0 Å². The molecule has 0 aliphatic carbocycles. The van der Waals surface area contributed by atoms with E-state index in [-0.39, 0.29) is 0 Å². The summed E-state index contributed by atoms with van der Waals surface area (Å²) < 4.78 is 0. The van der Waals surface area contributed by atoms with Crippen LogP contribution in [0, 0.1) is 0 Å². The first-order valence-electron chi connectivity index (χ1n) is 25.7. The van der Waals surface area contributed by atoms with Gasteiger partial charge in [0.05, 0.1) is 0 Å². The molecular formula is C74H46. The topological polar surface area (TPSA) is 0 Å². The van der Waals surface area contributed by atoms with Crippen molar-refractivity contribution in [2.75, 3.05) is 0 Å². The van der Waals surface area contributed by atoms with Crippen molar-refractivity contribution in [1.29, 1.82) is 0 Å². The first-order valence-corrected chi connectivity index (χ1v) is 25.7. The van der Waals surface area contributed by atoms with Gasteiger partial charge in [-0.25, -0.2) is 0 Å². The van der Waals surface area contributed by atoms with E-state index in [1.807, 2.05) is 0 Å². The molecule has 0 fully saturated rings. The summed E-state index contributed by atoms with van der Waals surface area (Å²) in [6.07, 6.45) is 0. The van der Waals surface area contributed by atoms with Crippen molar-refractivity contribution in [2.45, 2.75) is 0 Å². The van der Waals surface area contributed by atoms with Crippen LogP contribution in [0.4, 0.5) is 0 Å². The van der Waals surface area contributed by atoms with Crippen LogP contribution in [0.25, 0.3) is 153 Å². The minimum Gasteiger partial charge on any atom is -0.0616 e. The molecule has 0 bridgehead atoms. The molecule has 0 aliphatic rings. The molecule has 15 aromatic rings. The van der Waals surface area contributed by atoms with Crippen molar-refractivity contribution in [1.82, 2.24) is 0 Å². The highest BCUT2D eigenvalue weighted by molar-refractivity contribution is 6.23. The molecule has 0 radical (unpaired) electrons. The van der Waals surface area contributed by atoms with Crippen LogP contribution in [0.5, 0.6) is 0 Å². The average molecular weight is 935 g/mol. The molecule has 0 N–H and O–H groups in total. The van der Waals surface area contributed by atoms with E-state index in [9.17, 15) is 0 Å². The third-order valence-corrected chi connectivity index (χ3v) is 15.7. The number of hydrogen-bond donors (Lipinski definition) is 0. The molecule has 0 spiro atoms. The van der Waals surface area contributed by atoms with Gasteiger partial charge in [0, 0.05) is 0 Å². The van der Waals surface area contributed by atoms with Crippen molar-refractivity contribution in [2.24, 2.45) is 0 Å². The van der Waals surface area contributed by atoms with Gasteiger partial charge in [-0.05, 0) is 189 Å². The lowest BCUT2D eigenvalue weighted by atomic mass is 9.85. The van der Waals surface area contributed by atoms with Crippen molar-refractivity contribution in [3.05, 3.63) is 279 Å². The summed E-state index contributed by atoms with van der Waals surface area (Å²) in [6.45, 7) is 0. The fourth-order valence-corrected chi connectivity index (χ4v) is 12.2. The van der Waals surface area contributed by atoms with Crippen LogP contribution in [-0.4, -0.2) is 0 Å². The van der Waals surface area contributed by atoms with Crippen LogP contribution in [0.2, 0.25) is 0 Å². The Labute approximate surface area is 429 Å². The molecule has 15 aromatic carbocycles. The fourth-order valence-electron chi connectivity index (χ4n) is 12.2. The second-order valence-corrected chi connectivity index (χ2v) is 19.9. The van der Waals surface area contributed by atoms with Crippen molar-refractivity contribution in [3.63, 3.8) is 0 Å². The quantitative estimate of drug-likeness (QED) is 0.146. The Kier molecular flexibility index (Phi) is 9.68. The smallest absolute Gasteiger partial charge is 0.00262 e. The van der Waals surface area contributed by atoms with E-state index in [1.165, 1.54) is 153 Å². The summed E-state index contributed by atoms with van der Waals surface area (Å²) in [5.74, 6) is 0. The molecule has 0 amide bonds. The van der Waals surface area contributed by atoms with Crippen LogP contribution in [0.1, 0.15) is 0 Å². The van der Waals surface area contributed by atoms with E-state index in [0.29, 0.717) is 0 Å². The molecule has 74 heavy (non-hydrogen) atoms. The maximum Gasteiger partial charge on any atom is -0.00262 e. The molecule has 0 atom stereocenters. The van der Waals surface area contributed by atoms with Gasteiger partial charge in [0.25, 0.3) is 0 Å². The Morgan fingerprint density at radius 3 is 0.662 bits per heavy atom. The van der Waals surface area contributed by atoms with Gasteiger partial charge in [-0.2, -0.15) is 0 Å². The van der Waals surface area contributed by atoms with Crippen LogP contribution in [0.15, 0.2) is 279 Å². The van der Waals surface area contributed by atoms with Gasteiger partial charge < -0.3 is 0 Å². The van der Waals surface area contributed by atoms with Crippen LogP contribution in [0.3, 0.4) is 0 Å². The standard InChI is InChI=1S/C74H46/c1-3-15-53-41-58(38-30-47(53)13-1)72-65-19-7-5-17-63(65)71(64-18-6-8-20-66(64)72)52-33-25-49(26-34-52)55-35-27-50-28-36-56(44-61(50)43-55)57-37-29-51-32-40-60(46-62(51)45-57)74-69-23-11-9-21-67(69)73(68-22-10-12-24-70(68)74)59-39-31-48-14-2-4-16-54(48)42-59/h1-46H. The minimum absolute atomic E-state index is 1.20. The predicted molar refractivity (Wildman–Crippen MR) is 319 cm³/mol. The first-order chi connectivity index (χ1) is 36.7. The molecule has 0 heteroatoms. The van der Waals surface area contributed by atoms with Gasteiger partial charge in [-0.15, -0.1) is 0 Å². The van der Waals surface area contributed by atoms with E-state index in [4.69, 9.17) is 0 Å². The van der Waals surface area contributed by atoms with E-state index in [2.05, 4.69) is 279 Å². The first kappa shape index (κ1) is 42.1. The highest BCUT2D eigenvalue weighted by Gasteiger charge is 2.19. The Balaban J connectivity index is 0.786. The summed E-state index contributed by atoms with van der Waals surface area (Å²) in [6, 6.07) is 104. The lowest BCUT2D eigenvalue weighted by Crippen LogP contribution is -1.91. The average Bonchev–Trinajstić information content (AvgIpc) is 3.48. The summed E-state index contributed by atoms with van der Waals surface area (Å²) in [5.41, 5.74) is 14.9. The predicted octanol–water partition coefficient (Wildman–Crippen LogP) is 20.9. The summed E-state index contributed by atoms with van der Waals surface area (Å²) in [4.78, 5) is 0. The van der Waals surface area contributed by atoms with Gasteiger partial charge in [-0.1, -0.05) is 243 Å². The van der Waals surface area contributed by atoms with E-state index in [1.54, 1.807) is 0 Å². The van der Waals surface area contributed by atoms with Gasteiger partial charge in [0.1, 0.15) is 0 Å². The van der Waals surface area contributed by atoms with Gasteiger partial charge in [0.15, 0.2) is 0 Å². The molecule has 0 nitrogen and oxygen atoms in total. The Morgan fingerprint density at radius 2 is 0.324 bits per heavy atom. The third-order valence-electron chi connectivity index (χ3n) is 15.7. The van der Waals surface area contributed by atoms with Crippen molar-refractivity contribution >= 4 is 86.2 Å². The number of benzene rings is 15. The van der Waals surface area contributed by atoms with Crippen molar-refractivity contribution < 1.29 is 0 Å². The number of rotatable bonds is 6. The molecule has 0 unspecified atom stereocenters. The Morgan fingerprint density at radius 1 is 0.122 bits per heavy atom. The van der Waals surface area contributed by atoms with E-state index < -0.39 is 0 Å². The molecular weight excluding hydrogens is 889 g/mol. The highest BCUT2D eigenvalue weighted by atomic mass is 14.2. The molecule has 0 heterocycles. The monoisotopic (exact) mass is 934 g/mol. The van der Waals surface area contributed by atoms with Crippen molar-refractivity contribution in [3.8, 4) is 66.8 Å². The van der Waals surface area contributed by atoms with Gasteiger partial charge >= 0.3 is 0 Å². The molecule has 15 rings (SSSR count). The molecule has 0 aliphatic heterocycles. The SMILES string of the molecule is c1ccc2cc(-c3c4ccccc4c(-c4ccc(-c5ccc6ccc(-c7ccc8ccc(-c9c%10ccccc%10c(-c%10ccc%11ccccc%11c%10)c%10ccccc9%10)cc8c7)cc6c5)cc4)c4ccccc34)ccc2c1. The Hall–Kier alpha value is -9.62. The third kappa shape index (κ3) is 6.91. The maximum absolute atomic E-state index is 2.40. The zero-order valence-corrected chi connectivity index (χ0v) is 40.6. The summed E-state index contributed by atoms with van der Waals surface area (Å²) >= 11 is 0. The lowest BCUT2D eigenvalue weighted by Gasteiger charge is -2.18. The lowest BCUT2D eigenvalue weighted by molar-refractivity contribution is 1.62. The van der Waals surface area contributed by atoms with Crippen LogP contribution in [-0.2, 0) is 0 Å². The molecule has 0 saturated carbocycles. The zero-order valence-electron chi connectivity index (χ0n) is 40.6. The largest absolute Gasteiger partial charge is 0.0616 e. The van der Waals surface area contributed by atoms with Crippen LogP contribution < -0.4 is 0 Å². The molecule has 342 valence electrons.